The first-order valence-electron chi connectivity index (χ1n) is 12.2. The number of aromatic nitrogens is 1. The van der Waals surface area contributed by atoms with E-state index in [1.807, 2.05) is 26.0 Å². The third kappa shape index (κ3) is 5.89. The van der Waals surface area contributed by atoms with Crippen molar-refractivity contribution in [3.8, 4) is 0 Å². The molecule has 0 bridgehead atoms. The smallest absolute Gasteiger partial charge is 0.287 e. The predicted octanol–water partition coefficient (Wildman–Crippen LogP) is 2.51. The number of carbonyl (C=O) groups excluding carboxylic acids is 3. The molecule has 1 aliphatic rings. The third-order valence-electron chi connectivity index (χ3n) is 6.61. The van der Waals surface area contributed by atoms with Gasteiger partial charge >= 0.3 is 0 Å². The number of rotatable bonds is 8. The first kappa shape index (κ1) is 26.5. The Kier molecular flexibility index (Phi) is 8.03. The molecule has 37 heavy (non-hydrogen) atoms. The van der Waals surface area contributed by atoms with Crippen molar-refractivity contribution in [1.82, 2.24) is 19.9 Å². The quantitative estimate of drug-likeness (QED) is 0.460. The Balaban J connectivity index is 1.45. The van der Waals surface area contributed by atoms with Crippen LogP contribution in [-0.2, 0) is 19.6 Å². The first-order valence-corrected chi connectivity index (χ1v) is 13.7. The van der Waals surface area contributed by atoms with Crippen LogP contribution in [0.25, 0.3) is 11.0 Å². The fourth-order valence-electron chi connectivity index (χ4n) is 4.26. The highest BCUT2D eigenvalue weighted by atomic mass is 32.2. The number of fused-ring (bicyclic) bond motifs is 1. The molecule has 1 fully saturated rings. The van der Waals surface area contributed by atoms with Crippen LogP contribution in [0.3, 0.4) is 0 Å². The van der Waals surface area contributed by atoms with Gasteiger partial charge in [0.15, 0.2) is 16.6 Å². The molecule has 0 aliphatic carbocycles. The van der Waals surface area contributed by atoms with Crippen LogP contribution < -0.4 is 10.6 Å². The van der Waals surface area contributed by atoms with Crippen LogP contribution in [0.15, 0.2) is 64.2 Å². The number of furan rings is 1. The summed E-state index contributed by atoms with van der Waals surface area (Å²) < 4.78 is 32.6. The van der Waals surface area contributed by atoms with E-state index in [0.29, 0.717) is 18.4 Å². The van der Waals surface area contributed by atoms with E-state index in [4.69, 9.17) is 4.42 Å². The number of benzene rings is 1. The van der Waals surface area contributed by atoms with Gasteiger partial charge in [-0.25, -0.2) is 13.4 Å². The molecular weight excluding hydrogens is 496 g/mol. The summed E-state index contributed by atoms with van der Waals surface area (Å²) in [6.07, 6.45) is 2.64. The van der Waals surface area contributed by atoms with Gasteiger partial charge in [0.05, 0.1) is 12.6 Å². The van der Waals surface area contributed by atoms with Gasteiger partial charge in [-0.05, 0) is 43.0 Å². The van der Waals surface area contributed by atoms with Crippen molar-refractivity contribution in [3.05, 3.63) is 60.5 Å². The minimum Gasteiger partial charge on any atom is -0.451 e. The van der Waals surface area contributed by atoms with E-state index in [9.17, 15) is 22.8 Å². The van der Waals surface area contributed by atoms with E-state index in [0.717, 1.165) is 9.69 Å². The molecule has 3 atom stereocenters. The molecule has 0 saturated carbocycles. The predicted molar refractivity (Wildman–Crippen MR) is 136 cm³/mol. The number of carbonyl (C=O) groups is 3. The molecule has 4 rings (SSSR count). The summed E-state index contributed by atoms with van der Waals surface area (Å²) in [5.41, 5.74) is 0.562. The molecule has 1 aliphatic heterocycles. The zero-order chi connectivity index (χ0) is 26.6. The summed E-state index contributed by atoms with van der Waals surface area (Å²) >= 11 is 0. The molecule has 1 saturated heterocycles. The molecule has 3 heterocycles. The van der Waals surface area contributed by atoms with Gasteiger partial charge < -0.3 is 15.1 Å². The highest BCUT2D eigenvalue weighted by molar-refractivity contribution is 7.89. The van der Waals surface area contributed by atoms with Gasteiger partial charge in [-0.3, -0.25) is 14.4 Å². The molecule has 2 aromatic heterocycles. The fraction of sp³-hybridized carbons (Fsp3) is 0.385. The molecule has 11 heteroatoms. The highest BCUT2D eigenvalue weighted by Gasteiger charge is 2.35. The van der Waals surface area contributed by atoms with Crippen LogP contribution in [0, 0.1) is 5.92 Å². The highest BCUT2D eigenvalue weighted by Crippen LogP contribution is 2.20. The lowest BCUT2D eigenvalue weighted by atomic mass is 9.97. The number of Topliss-reactive ketones (excluding diaryl/α,β-unsaturated/α-hetero) is 1. The van der Waals surface area contributed by atoms with Crippen LogP contribution in [0.2, 0.25) is 0 Å². The van der Waals surface area contributed by atoms with Crippen molar-refractivity contribution in [2.75, 3.05) is 13.1 Å². The number of sulfonamides is 1. The molecule has 0 radical (unpaired) electrons. The average molecular weight is 527 g/mol. The van der Waals surface area contributed by atoms with E-state index in [1.54, 1.807) is 30.3 Å². The number of amides is 2. The molecule has 10 nitrogen and oxygen atoms in total. The van der Waals surface area contributed by atoms with Crippen LogP contribution in [0.4, 0.5) is 0 Å². The lowest BCUT2D eigenvalue weighted by Crippen LogP contribution is -2.54. The Bertz CT molecular complexity index is 1360. The summed E-state index contributed by atoms with van der Waals surface area (Å²) in [7, 11) is -3.94. The van der Waals surface area contributed by atoms with Crippen molar-refractivity contribution in [2.45, 2.75) is 50.2 Å². The van der Waals surface area contributed by atoms with Crippen LogP contribution in [0.5, 0.6) is 0 Å². The summed E-state index contributed by atoms with van der Waals surface area (Å²) in [5, 5.41) is 6.14. The molecule has 3 aromatic rings. The standard InChI is InChI=1S/C26H30N4O6S/c1-3-17(2)24(29-25(32)22-15-18-9-4-5-11-21(18)36-22)26(33)28-19-10-8-14-30(16-20(19)31)37(34,35)23-12-6-7-13-27-23/h4-7,9,11-13,15,17,19,24H,3,8,10,14,16H2,1-2H3,(H,28,33)(H,29,32)/t17?,19?,24-/m0/s1. The van der Waals surface area contributed by atoms with Gasteiger partial charge in [0, 0.05) is 18.1 Å². The van der Waals surface area contributed by atoms with Crippen molar-refractivity contribution >= 4 is 38.6 Å². The zero-order valence-corrected chi connectivity index (χ0v) is 21.5. The number of para-hydroxylation sites is 1. The summed E-state index contributed by atoms with van der Waals surface area (Å²) in [4.78, 5) is 43.1. The minimum atomic E-state index is -3.94. The topological polar surface area (TPSA) is 139 Å². The van der Waals surface area contributed by atoms with Gasteiger partial charge in [0.1, 0.15) is 11.6 Å². The van der Waals surface area contributed by atoms with Crippen molar-refractivity contribution in [2.24, 2.45) is 5.92 Å². The Labute approximate surface area is 215 Å². The van der Waals surface area contributed by atoms with Gasteiger partial charge in [-0.15, -0.1) is 0 Å². The number of nitrogens with one attached hydrogen (secondary N) is 2. The second-order valence-corrected chi connectivity index (χ2v) is 11.0. The lowest BCUT2D eigenvalue weighted by Gasteiger charge is -2.25. The van der Waals surface area contributed by atoms with Gasteiger partial charge in [0.25, 0.3) is 15.9 Å². The second-order valence-electron chi connectivity index (χ2n) is 9.16. The maximum Gasteiger partial charge on any atom is 0.287 e. The zero-order valence-electron chi connectivity index (χ0n) is 20.7. The van der Waals surface area contributed by atoms with Gasteiger partial charge in [0.2, 0.25) is 5.91 Å². The lowest BCUT2D eigenvalue weighted by molar-refractivity contribution is -0.129. The number of hydrogen-bond donors (Lipinski definition) is 2. The van der Waals surface area contributed by atoms with Crippen molar-refractivity contribution in [3.63, 3.8) is 0 Å². The monoisotopic (exact) mass is 526 g/mol. The third-order valence-corrected chi connectivity index (χ3v) is 8.37. The number of hydrogen-bond acceptors (Lipinski definition) is 7. The Morgan fingerprint density at radius 3 is 2.65 bits per heavy atom. The van der Waals surface area contributed by atoms with E-state index >= 15 is 0 Å². The molecule has 2 amide bonds. The Morgan fingerprint density at radius 2 is 1.95 bits per heavy atom. The van der Waals surface area contributed by atoms with Gasteiger partial charge in [-0.1, -0.05) is 44.5 Å². The average Bonchev–Trinajstić information content (AvgIpc) is 3.26. The minimum absolute atomic E-state index is 0.0863. The maximum atomic E-state index is 13.3. The molecular formula is C26H30N4O6S. The summed E-state index contributed by atoms with van der Waals surface area (Å²) in [6.45, 7) is 3.49. The van der Waals surface area contributed by atoms with Crippen LogP contribution >= 0.6 is 0 Å². The SMILES string of the molecule is CCC(C)[C@H](NC(=O)c1cc2ccccc2o1)C(=O)NC1CCCN(S(=O)(=O)c2ccccn2)CC1=O. The second kappa shape index (κ2) is 11.2. The van der Waals surface area contributed by atoms with Crippen molar-refractivity contribution in [1.29, 1.82) is 0 Å². The summed E-state index contributed by atoms with van der Waals surface area (Å²) in [6, 6.07) is 11.6. The molecule has 2 unspecified atom stereocenters. The molecule has 1 aromatic carbocycles. The number of ketones is 1. The number of nitrogens with zero attached hydrogens (tertiary/aromatic N) is 2. The largest absolute Gasteiger partial charge is 0.451 e. The van der Waals surface area contributed by atoms with E-state index in [-0.39, 0.29) is 36.2 Å². The fourth-order valence-corrected chi connectivity index (χ4v) is 5.63. The Hall–Kier alpha value is -3.57. The van der Waals surface area contributed by atoms with Crippen LogP contribution in [-0.4, -0.2) is 60.5 Å². The van der Waals surface area contributed by atoms with Crippen LogP contribution in [0.1, 0.15) is 43.7 Å². The van der Waals surface area contributed by atoms with E-state index in [2.05, 4.69) is 15.6 Å². The number of pyridine rings is 1. The van der Waals surface area contributed by atoms with Crippen molar-refractivity contribution < 1.29 is 27.2 Å². The Morgan fingerprint density at radius 1 is 1.19 bits per heavy atom. The first-order chi connectivity index (χ1) is 17.7. The van der Waals surface area contributed by atoms with Gasteiger partial charge in [-0.2, -0.15) is 4.31 Å². The molecule has 0 spiro atoms. The normalized spacial score (nSPS) is 18.6. The summed E-state index contributed by atoms with van der Waals surface area (Å²) in [5.74, 6) is -1.59. The molecule has 2 N–H and O–H groups in total. The molecule has 196 valence electrons. The maximum absolute atomic E-state index is 13.3. The van der Waals surface area contributed by atoms with E-state index < -0.39 is 39.7 Å². The van der Waals surface area contributed by atoms with E-state index in [1.165, 1.54) is 12.3 Å².